The molecule has 3 aliphatic rings. The minimum absolute atomic E-state index is 0.712. The highest BCUT2D eigenvalue weighted by molar-refractivity contribution is 5.53. The van der Waals surface area contributed by atoms with Crippen molar-refractivity contribution in [3.8, 4) is 0 Å². The summed E-state index contributed by atoms with van der Waals surface area (Å²) in [6.45, 7) is 0. The van der Waals surface area contributed by atoms with Crippen LogP contribution in [0.1, 0.15) is 19.3 Å². The van der Waals surface area contributed by atoms with E-state index in [2.05, 4.69) is 36.8 Å². The van der Waals surface area contributed by atoms with Crippen molar-refractivity contribution >= 4 is 0 Å². The molecule has 0 N–H and O–H groups in total. The molecule has 0 heteroatoms. The molecule has 1 unspecified atom stereocenters. The Kier molecular flexibility index (Phi) is 1.55. The second kappa shape index (κ2) is 2.73. The van der Waals surface area contributed by atoms with Crippen LogP contribution in [0.15, 0.2) is 47.1 Å². The minimum Gasteiger partial charge on any atom is -0.0876 e. The van der Waals surface area contributed by atoms with Gasteiger partial charge in [0.25, 0.3) is 0 Å². The van der Waals surface area contributed by atoms with E-state index in [4.69, 9.17) is 0 Å². The van der Waals surface area contributed by atoms with Gasteiger partial charge in [-0.05, 0) is 30.4 Å². The smallest absolute Gasteiger partial charge is 0.0128 e. The summed E-state index contributed by atoms with van der Waals surface area (Å²) in [6.07, 6.45) is 17.5. The zero-order chi connectivity index (χ0) is 8.67. The molecule has 3 aliphatic carbocycles. The van der Waals surface area contributed by atoms with Gasteiger partial charge >= 0.3 is 0 Å². The molecule has 0 heterocycles. The van der Waals surface area contributed by atoms with Crippen molar-refractivity contribution in [3.05, 3.63) is 53.5 Å². The van der Waals surface area contributed by atoms with Crippen molar-refractivity contribution in [2.75, 3.05) is 0 Å². The quantitative estimate of drug-likeness (QED) is 0.488. The van der Waals surface area contributed by atoms with Gasteiger partial charge in [-0.2, -0.15) is 0 Å². The van der Waals surface area contributed by atoms with Gasteiger partial charge in [0.2, 0.25) is 0 Å². The van der Waals surface area contributed by atoms with Gasteiger partial charge in [0.1, 0.15) is 0 Å². The molecule has 65 valence electrons. The average molecular weight is 169 g/mol. The van der Waals surface area contributed by atoms with Gasteiger partial charge in [-0.1, -0.05) is 36.0 Å². The molecule has 1 radical (unpaired) electrons. The van der Waals surface area contributed by atoms with E-state index in [-0.39, 0.29) is 0 Å². The third-order valence-electron chi connectivity index (χ3n) is 3.17. The first kappa shape index (κ1) is 7.37. The van der Waals surface area contributed by atoms with Crippen molar-refractivity contribution in [3.63, 3.8) is 0 Å². The molecule has 0 bridgehead atoms. The minimum atomic E-state index is 0.712. The van der Waals surface area contributed by atoms with E-state index in [1.807, 2.05) is 0 Å². The fraction of sp³-hybridized carbons (Fsp3) is 0.308. The van der Waals surface area contributed by atoms with Gasteiger partial charge in [-0.15, -0.1) is 0 Å². The Bertz CT molecular complexity index is 350. The number of allylic oxidation sites excluding steroid dienone is 8. The molecule has 0 aromatic carbocycles. The second-order valence-electron chi connectivity index (χ2n) is 4.00. The molecule has 0 nitrogen and oxygen atoms in total. The van der Waals surface area contributed by atoms with E-state index in [1.54, 1.807) is 5.57 Å². The van der Waals surface area contributed by atoms with Crippen molar-refractivity contribution < 1.29 is 0 Å². The predicted octanol–water partition coefficient (Wildman–Crippen LogP) is 3.35. The van der Waals surface area contributed by atoms with Crippen LogP contribution >= 0.6 is 0 Å². The van der Waals surface area contributed by atoms with Crippen molar-refractivity contribution in [1.29, 1.82) is 0 Å². The predicted molar refractivity (Wildman–Crippen MR) is 55.0 cm³/mol. The SMILES string of the molecule is [CH]1C=CC2=C1C=C1CCC=CC1C2. The largest absolute Gasteiger partial charge is 0.0876 e. The normalized spacial score (nSPS) is 30.2. The highest BCUT2D eigenvalue weighted by atomic mass is 14.3. The van der Waals surface area contributed by atoms with E-state index in [0.29, 0.717) is 5.92 Å². The standard InChI is InChI=1S/C13H13/c1-2-5-11-9-13-7-3-6-12(13)8-10(11)4-1/h1,3-4,6-7,9-10H,2,5,8H2. The summed E-state index contributed by atoms with van der Waals surface area (Å²) in [5, 5.41) is 0. The van der Waals surface area contributed by atoms with Crippen LogP contribution in [0.3, 0.4) is 0 Å². The van der Waals surface area contributed by atoms with Crippen LogP contribution in [0, 0.1) is 12.3 Å². The lowest BCUT2D eigenvalue weighted by atomic mass is 9.80. The lowest BCUT2D eigenvalue weighted by Gasteiger charge is -2.25. The Morgan fingerprint density at radius 1 is 1.31 bits per heavy atom. The van der Waals surface area contributed by atoms with Crippen LogP contribution < -0.4 is 0 Å². The van der Waals surface area contributed by atoms with Gasteiger partial charge < -0.3 is 0 Å². The first-order chi connectivity index (χ1) is 6.43. The third-order valence-corrected chi connectivity index (χ3v) is 3.17. The maximum absolute atomic E-state index is 2.40. The monoisotopic (exact) mass is 169 g/mol. The molecule has 0 fully saturated rings. The van der Waals surface area contributed by atoms with Crippen LogP contribution in [0.2, 0.25) is 0 Å². The Morgan fingerprint density at radius 2 is 2.31 bits per heavy atom. The molecule has 0 aliphatic heterocycles. The molecule has 0 saturated heterocycles. The lowest BCUT2D eigenvalue weighted by Crippen LogP contribution is -2.10. The molecule has 13 heavy (non-hydrogen) atoms. The van der Waals surface area contributed by atoms with Gasteiger partial charge in [0.05, 0.1) is 0 Å². The van der Waals surface area contributed by atoms with Crippen molar-refractivity contribution in [2.24, 2.45) is 5.92 Å². The molecular weight excluding hydrogens is 156 g/mol. The second-order valence-corrected chi connectivity index (χ2v) is 4.00. The Balaban J connectivity index is 2.00. The molecule has 3 rings (SSSR count). The zero-order valence-corrected chi connectivity index (χ0v) is 7.66. The lowest BCUT2D eigenvalue weighted by molar-refractivity contribution is 0.669. The van der Waals surface area contributed by atoms with E-state index in [0.717, 1.165) is 0 Å². The van der Waals surface area contributed by atoms with Crippen molar-refractivity contribution in [1.82, 2.24) is 0 Å². The van der Waals surface area contributed by atoms with Crippen LogP contribution in [0.5, 0.6) is 0 Å². The van der Waals surface area contributed by atoms with Crippen LogP contribution in [0.4, 0.5) is 0 Å². The van der Waals surface area contributed by atoms with E-state index >= 15 is 0 Å². The van der Waals surface area contributed by atoms with Crippen LogP contribution in [-0.2, 0) is 0 Å². The Morgan fingerprint density at radius 3 is 3.31 bits per heavy atom. The van der Waals surface area contributed by atoms with Crippen LogP contribution in [0.25, 0.3) is 0 Å². The molecule has 0 amide bonds. The number of rotatable bonds is 0. The molecular formula is C13H13. The summed E-state index contributed by atoms with van der Waals surface area (Å²) in [5.41, 5.74) is 4.63. The summed E-state index contributed by atoms with van der Waals surface area (Å²) in [4.78, 5) is 0. The maximum Gasteiger partial charge on any atom is 0.0128 e. The van der Waals surface area contributed by atoms with E-state index in [1.165, 1.54) is 30.4 Å². The number of hydrogen-bond acceptors (Lipinski definition) is 0. The first-order valence-electron chi connectivity index (χ1n) is 5.05. The summed E-state index contributed by atoms with van der Waals surface area (Å²) in [7, 11) is 0. The fourth-order valence-electron chi connectivity index (χ4n) is 2.43. The van der Waals surface area contributed by atoms with E-state index in [9.17, 15) is 0 Å². The Hall–Kier alpha value is -1.04. The van der Waals surface area contributed by atoms with Gasteiger partial charge in [0, 0.05) is 12.3 Å². The third kappa shape index (κ3) is 1.13. The zero-order valence-electron chi connectivity index (χ0n) is 7.66. The molecule has 0 aromatic heterocycles. The summed E-state index contributed by atoms with van der Waals surface area (Å²) in [6, 6.07) is 0. The maximum atomic E-state index is 2.40. The molecule has 0 saturated carbocycles. The summed E-state index contributed by atoms with van der Waals surface area (Å²) < 4.78 is 0. The van der Waals surface area contributed by atoms with Crippen molar-refractivity contribution in [2.45, 2.75) is 19.3 Å². The van der Waals surface area contributed by atoms with Gasteiger partial charge in [-0.3, -0.25) is 0 Å². The number of hydrogen-bond donors (Lipinski definition) is 0. The number of fused-ring (bicyclic) bond motifs is 1. The molecule has 0 spiro atoms. The summed E-state index contributed by atoms with van der Waals surface area (Å²) >= 11 is 0. The van der Waals surface area contributed by atoms with Gasteiger partial charge in [0.15, 0.2) is 0 Å². The molecule has 1 atom stereocenters. The van der Waals surface area contributed by atoms with Crippen LogP contribution in [-0.4, -0.2) is 0 Å². The summed E-state index contributed by atoms with van der Waals surface area (Å²) in [5.74, 6) is 0.712. The highest BCUT2D eigenvalue weighted by Gasteiger charge is 2.22. The molecule has 0 aromatic rings. The average Bonchev–Trinajstić information content (AvgIpc) is 2.61. The fourth-order valence-corrected chi connectivity index (χ4v) is 2.43. The topological polar surface area (TPSA) is 0 Å². The van der Waals surface area contributed by atoms with Gasteiger partial charge in [-0.25, -0.2) is 0 Å². The first-order valence-corrected chi connectivity index (χ1v) is 5.05. The highest BCUT2D eigenvalue weighted by Crippen LogP contribution is 2.38. The Labute approximate surface area is 79.3 Å². The van der Waals surface area contributed by atoms with E-state index < -0.39 is 0 Å².